The van der Waals surface area contributed by atoms with Crippen LogP contribution in [0.2, 0.25) is 0 Å². The Labute approximate surface area is 146 Å². The highest BCUT2D eigenvalue weighted by molar-refractivity contribution is 5.67. The minimum absolute atomic E-state index is 0.0241. The summed E-state index contributed by atoms with van der Waals surface area (Å²) in [7, 11) is 0. The molecule has 0 atom stereocenters. The zero-order valence-corrected chi connectivity index (χ0v) is 14.0. The van der Waals surface area contributed by atoms with Crippen molar-refractivity contribution in [2.75, 3.05) is 0 Å². The Hall–Kier alpha value is -2.40. The van der Waals surface area contributed by atoms with Gasteiger partial charge in [0.2, 0.25) is 0 Å². The number of alkyl carbamates (subject to hydrolysis) is 1. The molecule has 2 aromatic carbocycles. The lowest BCUT2D eigenvalue weighted by molar-refractivity contribution is -0.00860. The van der Waals surface area contributed by atoms with E-state index >= 15 is 0 Å². The second-order valence-electron chi connectivity index (χ2n) is 6.52. The van der Waals surface area contributed by atoms with Crippen molar-refractivity contribution in [3.63, 3.8) is 0 Å². The molecule has 0 heterocycles. The van der Waals surface area contributed by atoms with E-state index < -0.39 is 11.7 Å². The molecule has 0 bridgehead atoms. The lowest BCUT2D eigenvalue weighted by atomic mass is 9.78. The fourth-order valence-electron chi connectivity index (χ4n) is 3.22. The van der Waals surface area contributed by atoms with Gasteiger partial charge in [-0.15, -0.1) is 0 Å². The normalized spacial score (nSPS) is 23.0. The highest BCUT2D eigenvalue weighted by Gasteiger charge is 2.35. The summed E-state index contributed by atoms with van der Waals surface area (Å²) in [5.41, 5.74) is 0.700. The van der Waals surface area contributed by atoms with Gasteiger partial charge in [0.1, 0.15) is 12.4 Å². The van der Waals surface area contributed by atoms with Crippen LogP contribution < -0.4 is 5.32 Å². The van der Waals surface area contributed by atoms with Gasteiger partial charge in [-0.3, -0.25) is 0 Å². The summed E-state index contributed by atoms with van der Waals surface area (Å²) in [5.74, 6) is -0.316. The molecule has 0 radical (unpaired) electrons. The van der Waals surface area contributed by atoms with Gasteiger partial charge >= 0.3 is 6.09 Å². The van der Waals surface area contributed by atoms with Crippen LogP contribution in [0.1, 0.15) is 36.8 Å². The first-order valence-corrected chi connectivity index (χ1v) is 8.51. The molecule has 1 amide bonds. The number of hydrogen-bond donors (Lipinski definition) is 2. The van der Waals surface area contributed by atoms with Gasteiger partial charge in [-0.1, -0.05) is 42.5 Å². The minimum atomic E-state index is -0.959. The Morgan fingerprint density at radius 2 is 1.76 bits per heavy atom. The number of rotatable bonds is 4. The van der Waals surface area contributed by atoms with Crippen molar-refractivity contribution in [1.29, 1.82) is 0 Å². The van der Waals surface area contributed by atoms with Gasteiger partial charge in [-0.25, -0.2) is 9.18 Å². The first kappa shape index (κ1) is 17.4. The van der Waals surface area contributed by atoms with Crippen molar-refractivity contribution >= 4 is 6.09 Å². The number of carbonyl (C=O) groups excluding carboxylic acids is 1. The molecule has 0 spiro atoms. The van der Waals surface area contributed by atoms with E-state index in [2.05, 4.69) is 5.32 Å². The third-order valence-electron chi connectivity index (χ3n) is 4.73. The summed E-state index contributed by atoms with van der Waals surface area (Å²) in [4.78, 5) is 11.9. The monoisotopic (exact) mass is 343 g/mol. The second kappa shape index (κ2) is 7.66. The SMILES string of the molecule is O=C(NC1CCC(O)(c2ccc(F)cc2)CC1)OCc1ccccc1. The molecule has 0 unspecified atom stereocenters. The molecule has 1 fully saturated rings. The molecule has 25 heavy (non-hydrogen) atoms. The molecule has 2 N–H and O–H groups in total. The first-order chi connectivity index (χ1) is 12.0. The number of benzene rings is 2. The van der Waals surface area contributed by atoms with Crippen LogP contribution >= 0.6 is 0 Å². The van der Waals surface area contributed by atoms with E-state index in [4.69, 9.17) is 4.74 Å². The number of aliphatic hydroxyl groups is 1. The fraction of sp³-hybridized carbons (Fsp3) is 0.350. The molecule has 2 aromatic rings. The van der Waals surface area contributed by atoms with Gasteiger partial charge in [0.25, 0.3) is 0 Å². The number of amides is 1. The smallest absolute Gasteiger partial charge is 0.407 e. The molecule has 0 aliphatic heterocycles. The third-order valence-corrected chi connectivity index (χ3v) is 4.73. The highest BCUT2D eigenvalue weighted by Crippen LogP contribution is 2.37. The van der Waals surface area contributed by atoms with Crippen LogP contribution in [0.4, 0.5) is 9.18 Å². The van der Waals surface area contributed by atoms with Gasteiger partial charge < -0.3 is 15.2 Å². The third kappa shape index (κ3) is 4.57. The van der Waals surface area contributed by atoms with Crippen LogP contribution in [0.5, 0.6) is 0 Å². The summed E-state index contributed by atoms with van der Waals surface area (Å²) in [6, 6.07) is 15.4. The molecule has 3 rings (SSSR count). The van der Waals surface area contributed by atoms with Gasteiger partial charge in [-0.2, -0.15) is 0 Å². The van der Waals surface area contributed by atoms with Crippen molar-refractivity contribution in [3.8, 4) is 0 Å². The van der Waals surface area contributed by atoms with Gasteiger partial charge in [0.05, 0.1) is 5.60 Å². The predicted molar refractivity (Wildman–Crippen MR) is 92.3 cm³/mol. The van der Waals surface area contributed by atoms with Gasteiger partial charge in [0.15, 0.2) is 0 Å². The van der Waals surface area contributed by atoms with Crippen LogP contribution in [-0.2, 0) is 16.9 Å². The van der Waals surface area contributed by atoms with Crippen molar-refractivity contribution < 1.29 is 19.0 Å². The van der Waals surface area contributed by atoms with Crippen molar-refractivity contribution in [2.24, 2.45) is 0 Å². The molecule has 4 nitrogen and oxygen atoms in total. The molecular formula is C20H22FNO3. The van der Waals surface area contributed by atoms with Crippen molar-refractivity contribution in [1.82, 2.24) is 5.32 Å². The number of halogens is 1. The zero-order valence-electron chi connectivity index (χ0n) is 14.0. The van der Waals surface area contributed by atoms with E-state index in [0.29, 0.717) is 25.7 Å². The van der Waals surface area contributed by atoms with Gasteiger partial charge in [0, 0.05) is 6.04 Å². The van der Waals surface area contributed by atoms with Crippen LogP contribution in [0.15, 0.2) is 54.6 Å². The molecule has 5 heteroatoms. The maximum atomic E-state index is 13.0. The Kier molecular flexibility index (Phi) is 5.34. The van der Waals surface area contributed by atoms with Crippen LogP contribution in [0, 0.1) is 5.82 Å². The van der Waals surface area contributed by atoms with E-state index in [-0.39, 0.29) is 18.5 Å². The summed E-state index contributed by atoms with van der Waals surface area (Å²) in [6.07, 6.45) is 1.88. The summed E-state index contributed by atoms with van der Waals surface area (Å²) in [5, 5.41) is 13.6. The fourth-order valence-corrected chi connectivity index (χ4v) is 3.22. The second-order valence-corrected chi connectivity index (χ2v) is 6.52. The van der Waals surface area contributed by atoms with E-state index in [0.717, 1.165) is 11.1 Å². The topological polar surface area (TPSA) is 58.6 Å². The van der Waals surface area contributed by atoms with Gasteiger partial charge in [-0.05, 0) is 48.9 Å². The van der Waals surface area contributed by atoms with Crippen LogP contribution in [0.25, 0.3) is 0 Å². The Morgan fingerprint density at radius 3 is 2.40 bits per heavy atom. The van der Waals surface area contributed by atoms with Crippen LogP contribution in [0.3, 0.4) is 0 Å². The standard InChI is InChI=1S/C20H22FNO3/c21-17-8-6-16(7-9-17)20(24)12-10-18(11-13-20)22-19(23)25-14-15-4-2-1-3-5-15/h1-9,18,24H,10-14H2,(H,22,23). The predicted octanol–water partition coefficient (Wildman–Crippen LogP) is 3.88. The molecule has 0 aromatic heterocycles. The van der Waals surface area contributed by atoms with Crippen molar-refractivity contribution in [2.45, 2.75) is 43.9 Å². The lowest BCUT2D eigenvalue weighted by Crippen LogP contribution is -2.42. The largest absolute Gasteiger partial charge is 0.445 e. The molecular weight excluding hydrogens is 321 g/mol. The Morgan fingerprint density at radius 1 is 1.12 bits per heavy atom. The van der Waals surface area contributed by atoms with Crippen molar-refractivity contribution in [3.05, 3.63) is 71.5 Å². The highest BCUT2D eigenvalue weighted by atomic mass is 19.1. The zero-order chi connectivity index (χ0) is 17.7. The number of nitrogens with one attached hydrogen (secondary N) is 1. The lowest BCUT2D eigenvalue weighted by Gasteiger charge is -2.36. The number of ether oxygens (including phenoxy) is 1. The van der Waals surface area contributed by atoms with Crippen LogP contribution in [-0.4, -0.2) is 17.2 Å². The number of hydrogen-bond acceptors (Lipinski definition) is 3. The Balaban J connectivity index is 1.47. The maximum absolute atomic E-state index is 13.0. The molecule has 1 aliphatic carbocycles. The van der Waals surface area contributed by atoms with E-state index in [1.54, 1.807) is 12.1 Å². The molecule has 0 saturated heterocycles. The summed E-state index contributed by atoms with van der Waals surface area (Å²) >= 11 is 0. The summed E-state index contributed by atoms with van der Waals surface area (Å²) < 4.78 is 18.3. The van der Waals surface area contributed by atoms with E-state index in [1.807, 2.05) is 30.3 Å². The molecule has 1 saturated carbocycles. The quantitative estimate of drug-likeness (QED) is 0.886. The van der Waals surface area contributed by atoms with E-state index in [9.17, 15) is 14.3 Å². The maximum Gasteiger partial charge on any atom is 0.407 e. The average molecular weight is 343 g/mol. The Bertz CT molecular complexity index is 695. The number of carbonyl (C=O) groups is 1. The summed E-state index contributed by atoms with van der Waals surface area (Å²) in [6.45, 7) is 0.235. The van der Waals surface area contributed by atoms with E-state index in [1.165, 1.54) is 12.1 Å². The first-order valence-electron chi connectivity index (χ1n) is 8.51. The molecule has 1 aliphatic rings. The average Bonchev–Trinajstić information content (AvgIpc) is 2.63. The molecule has 132 valence electrons. The minimum Gasteiger partial charge on any atom is -0.445 e.